The predicted octanol–water partition coefficient (Wildman–Crippen LogP) is 2.48. The van der Waals surface area contributed by atoms with Gasteiger partial charge in [0.1, 0.15) is 5.82 Å². The molecule has 24 heavy (non-hydrogen) atoms. The molecule has 0 aliphatic heterocycles. The van der Waals surface area contributed by atoms with Crippen LogP contribution in [0, 0.1) is 5.82 Å². The van der Waals surface area contributed by atoms with Crippen LogP contribution in [0.25, 0.3) is 11.1 Å². The maximum Gasteiger partial charge on any atom is 0.419 e. The average molecular weight is 328 g/mol. The van der Waals surface area contributed by atoms with Crippen molar-refractivity contribution >= 4 is 17.0 Å². The lowest BCUT2D eigenvalue weighted by atomic mass is 10.1. The molecule has 0 saturated carbocycles. The molecule has 5 nitrogen and oxygen atoms in total. The van der Waals surface area contributed by atoms with E-state index in [0.29, 0.717) is 29.6 Å². The SMILES string of the molecule is O=C(CCn1c(=O)oc2ccccc21)NCCc1ccccc1F. The maximum absolute atomic E-state index is 13.5. The number of hydrogen-bond donors (Lipinski definition) is 1. The number of oxazole rings is 1. The fraction of sp³-hybridized carbons (Fsp3) is 0.222. The molecule has 1 heterocycles. The molecule has 0 fully saturated rings. The van der Waals surface area contributed by atoms with Crippen molar-refractivity contribution in [2.24, 2.45) is 0 Å². The number of aryl methyl sites for hydroxylation is 1. The Labute approximate surface area is 137 Å². The number of amides is 1. The molecule has 0 saturated heterocycles. The van der Waals surface area contributed by atoms with E-state index in [9.17, 15) is 14.0 Å². The van der Waals surface area contributed by atoms with Crippen LogP contribution in [0.1, 0.15) is 12.0 Å². The van der Waals surface area contributed by atoms with Gasteiger partial charge in [-0.1, -0.05) is 30.3 Å². The number of aromatic nitrogens is 1. The highest BCUT2D eigenvalue weighted by atomic mass is 19.1. The summed E-state index contributed by atoms with van der Waals surface area (Å²) in [6, 6.07) is 13.6. The highest BCUT2D eigenvalue weighted by Crippen LogP contribution is 2.12. The summed E-state index contributed by atoms with van der Waals surface area (Å²) < 4.78 is 20.0. The molecule has 0 aliphatic carbocycles. The Morgan fingerprint density at radius 3 is 2.71 bits per heavy atom. The Hall–Kier alpha value is -2.89. The summed E-state index contributed by atoms with van der Waals surface area (Å²) in [4.78, 5) is 23.7. The van der Waals surface area contributed by atoms with Crippen molar-refractivity contribution in [3.05, 3.63) is 70.5 Å². The number of hydrogen-bond acceptors (Lipinski definition) is 3. The number of nitrogens with one attached hydrogen (secondary N) is 1. The van der Waals surface area contributed by atoms with Gasteiger partial charge >= 0.3 is 5.76 Å². The smallest absolute Gasteiger partial charge is 0.408 e. The summed E-state index contributed by atoms with van der Waals surface area (Å²) in [7, 11) is 0. The van der Waals surface area contributed by atoms with Crippen LogP contribution >= 0.6 is 0 Å². The number of carbonyl (C=O) groups is 1. The van der Waals surface area contributed by atoms with Crippen LogP contribution in [0.3, 0.4) is 0 Å². The number of halogens is 1. The van der Waals surface area contributed by atoms with E-state index < -0.39 is 5.76 Å². The molecule has 3 rings (SSSR count). The molecule has 0 atom stereocenters. The zero-order chi connectivity index (χ0) is 16.9. The first-order valence-corrected chi connectivity index (χ1v) is 7.73. The van der Waals surface area contributed by atoms with Crippen LogP contribution in [0.2, 0.25) is 0 Å². The topological polar surface area (TPSA) is 64.2 Å². The highest BCUT2D eigenvalue weighted by Gasteiger charge is 2.10. The van der Waals surface area contributed by atoms with E-state index in [4.69, 9.17) is 4.42 Å². The Morgan fingerprint density at radius 1 is 1.12 bits per heavy atom. The third-order valence-electron chi connectivity index (χ3n) is 3.81. The summed E-state index contributed by atoms with van der Waals surface area (Å²) in [6.07, 6.45) is 0.577. The minimum Gasteiger partial charge on any atom is -0.408 e. The van der Waals surface area contributed by atoms with Gasteiger partial charge in [0.25, 0.3) is 0 Å². The maximum atomic E-state index is 13.5. The molecular formula is C18H17FN2O3. The van der Waals surface area contributed by atoms with Gasteiger partial charge < -0.3 is 9.73 Å². The monoisotopic (exact) mass is 328 g/mol. The lowest BCUT2D eigenvalue weighted by Crippen LogP contribution is -2.28. The van der Waals surface area contributed by atoms with E-state index in [1.165, 1.54) is 10.6 Å². The van der Waals surface area contributed by atoms with Crippen molar-refractivity contribution in [3.8, 4) is 0 Å². The molecule has 6 heteroatoms. The van der Waals surface area contributed by atoms with E-state index in [2.05, 4.69) is 5.32 Å². The molecule has 0 aliphatic rings. The second kappa shape index (κ2) is 7.12. The Morgan fingerprint density at radius 2 is 1.88 bits per heavy atom. The van der Waals surface area contributed by atoms with Crippen molar-refractivity contribution in [1.82, 2.24) is 9.88 Å². The first kappa shape index (κ1) is 16.0. The number of benzene rings is 2. The van der Waals surface area contributed by atoms with E-state index in [0.717, 1.165) is 0 Å². The van der Waals surface area contributed by atoms with Gasteiger partial charge in [-0.3, -0.25) is 9.36 Å². The molecule has 3 aromatic rings. The van der Waals surface area contributed by atoms with Crippen LogP contribution < -0.4 is 11.1 Å². The number of para-hydroxylation sites is 2. The Bertz CT molecular complexity index is 914. The van der Waals surface area contributed by atoms with Gasteiger partial charge in [0.15, 0.2) is 5.58 Å². The molecule has 0 bridgehead atoms. The van der Waals surface area contributed by atoms with Gasteiger partial charge in [-0.05, 0) is 30.2 Å². The zero-order valence-electron chi connectivity index (χ0n) is 13.0. The molecule has 2 aromatic carbocycles. The summed E-state index contributed by atoms with van der Waals surface area (Å²) in [6.45, 7) is 0.585. The largest absolute Gasteiger partial charge is 0.419 e. The van der Waals surface area contributed by atoms with Gasteiger partial charge in [0.2, 0.25) is 5.91 Å². The van der Waals surface area contributed by atoms with Gasteiger partial charge in [-0.2, -0.15) is 0 Å². The van der Waals surface area contributed by atoms with Crippen LogP contribution in [-0.2, 0) is 17.8 Å². The fourth-order valence-corrected chi connectivity index (χ4v) is 2.57. The summed E-state index contributed by atoms with van der Waals surface area (Å²) in [5.41, 5.74) is 1.74. The Kier molecular flexibility index (Phi) is 4.74. The first-order chi connectivity index (χ1) is 11.6. The van der Waals surface area contributed by atoms with E-state index in [-0.39, 0.29) is 24.7 Å². The fourth-order valence-electron chi connectivity index (χ4n) is 2.57. The average Bonchev–Trinajstić information content (AvgIpc) is 2.90. The number of fused-ring (bicyclic) bond motifs is 1. The molecule has 0 spiro atoms. The zero-order valence-corrected chi connectivity index (χ0v) is 13.0. The van der Waals surface area contributed by atoms with Crippen molar-refractivity contribution < 1.29 is 13.6 Å². The molecular weight excluding hydrogens is 311 g/mol. The molecule has 124 valence electrons. The number of carbonyl (C=O) groups excluding carboxylic acids is 1. The van der Waals surface area contributed by atoms with E-state index in [1.807, 2.05) is 6.07 Å². The van der Waals surface area contributed by atoms with E-state index >= 15 is 0 Å². The third-order valence-corrected chi connectivity index (χ3v) is 3.81. The Balaban J connectivity index is 1.53. The molecule has 0 radical (unpaired) electrons. The minimum atomic E-state index is -0.477. The lowest BCUT2D eigenvalue weighted by Gasteiger charge is -2.06. The van der Waals surface area contributed by atoms with Gasteiger partial charge in [0.05, 0.1) is 5.52 Å². The molecule has 1 N–H and O–H groups in total. The van der Waals surface area contributed by atoms with E-state index in [1.54, 1.807) is 36.4 Å². The predicted molar refractivity (Wildman–Crippen MR) is 88.2 cm³/mol. The summed E-state index contributed by atoms with van der Waals surface area (Å²) in [5.74, 6) is -0.943. The van der Waals surface area contributed by atoms with Gasteiger partial charge in [-0.25, -0.2) is 9.18 Å². The first-order valence-electron chi connectivity index (χ1n) is 7.73. The standard InChI is InChI=1S/C18H17FN2O3/c19-14-6-2-1-5-13(14)9-11-20-17(22)10-12-21-15-7-3-4-8-16(15)24-18(21)23/h1-8H,9-12H2,(H,20,22). The lowest BCUT2D eigenvalue weighted by molar-refractivity contribution is -0.121. The minimum absolute atomic E-state index is 0.153. The molecule has 1 amide bonds. The van der Waals surface area contributed by atoms with Crippen LogP contribution in [0.5, 0.6) is 0 Å². The normalized spacial score (nSPS) is 10.9. The van der Waals surface area contributed by atoms with Gasteiger partial charge in [-0.15, -0.1) is 0 Å². The van der Waals surface area contributed by atoms with Crippen LogP contribution in [-0.4, -0.2) is 17.0 Å². The van der Waals surface area contributed by atoms with Crippen molar-refractivity contribution in [3.63, 3.8) is 0 Å². The quantitative estimate of drug-likeness (QED) is 0.756. The molecule has 1 aromatic heterocycles. The highest BCUT2D eigenvalue weighted by molar-refractivity contribution is 5.76. The van der Waals surface area contributed by atoms with Crippen LogP contribution in [0.4, 0.5) is 4.39 Å². The van der Waals surface area contributed by atoms with Crippen LogP contribution in [0.15, 0.2) is 57.7 Å². The van der Waals surface area contributed by atoms with Crippen molar-refractivity contribution in [2.45, 2.75) is 19.4 Å². The second-order valence-corrected chi connectivity index (χ2v) is 5.43. The van der Waals surface area contributed by atoms with Gasteiger partial charge in [0, 0.05) is 19.5 Å². The summed E-state index contributed by atoms with van der Waals surface area (Å²) >= 11 is 0. The molecule has 0 unspecified atom stereocenters. The number of rotatable bonds is 6. The second-order valence-electron chi connectivity index (χ2n) is 5.43. The number of nitrogens with zero attached hydrogens (tertiary/aromatic N) is 1. The third kappa shape index (κ3) is 3.53. The van der Waals surface area contributed by atoms with Crippen molar-refractivity contribution in [2.75, 3.05) is 6.54 Å². The summed E-state index contributed by atoms with van der Waals surface area (Å²) in [5, 5.41) is 2.74. The van der Waals surface area contributed by atoms with Crippen molar-refractivity contribution in [1.29, 1.82) is 0 Å².